The van der Waals surface area contributed by atoms with Crippen LogP contribution in [0.25, 0.3) is 0 Å². The third-order valence-corrected chi connectivity index (χ3v) is 3.30. The minimum absolute atomic E-state index is 0. The van der Waals surface area contributed by atoms with Gasteiger partial charge in [-0.05, 0) is 62.1 Å². The second kappa shape index (κ2) is 11.4. The van der Waals surface area contributed by atoms with E-state index in [9.17, 15) is 4.79 Å². The van der Waals surface area contributed by atoms with E-state index >= 15 is 0 Å². The molecule has 120 valence electrons. The Bertz CT molecular complexity index is 412. The topological polar surface area (TPSA) is 58.6 Å². The highest BCUT2D eigenvalue weighted by Gasteiger charge is 2.03. The van der Waals surface area contributed by atoms with Gasteiger partial charge in [0.15, 0.2) is 0 Å². The fourth-order valence-corrected chi connectivity index (χ4v) is 1.98. The van der Waals surface area contributed by atoms with Crippen LogP contribution in [0, 0.1) is 0 Å². The standard InChI is InChI=1S/C15H22ClNO3.CH4/c1-12(17-16)10-13-6-5-7-14(11-13)20-9-4-2-3-8-15(18)19;/h5-7,11-12,17H,2-4,8-10H2,1H3,(H,18,19);1H4. The van der Waals surface area contributed by atoms with Crippen LogP contribution in [0.4, 0.5) is 0 Å². The van der Waals surface area contributed by atoms with Crippen LogP contribution in [0.1, 0.15) is 45.6 Å². The lowest BCUT2D eigenvalue weighted by Gasteiger charge is -2.11. The summed E-state index contributed by atoms with van der Waals surface area (Å²) < 4.78 is 5.67. The number of unbranched alkanes of at least 4 members (excludes halogenated alkanes) is 2. The molecule has 2 N–H and O–H groups in total. The lowest BCUT2D eigenvalue weighted by molar-refractivity contribution is -0.137. The Kier molecular flexibility index (Phi) is 10.7. The molecule has 0 amide bonds. The van der Waals surface area contributed by atoms with Gasteiger partial charge in [0.05, 0.1) is 6.61 Å². The second-order valence-electron chi connectivity index (χ2n) is 4.91. The van der Waals surface area contributed by atoms with Crippen LogP contribution >= 0.6 is 11.8 Å². The van der Waals surface area contributed by atoms with E-state index in [1.165, 1.54) is 5.56 Å². The molecule has 5 heteroatoms. The molecule has 1 rings (SSSR count). The molecule has 21 heavy (non-hydrogen) atoms. The number of hydrogen-bond donors (Lipinski definition) is 2. The van der Waals surface area contributed by atoms with E-state index in [4.69, 9.17) is 21.6 Å². The molecule has 0 aliphatic rings. The van der Waals surface area contributed by atoms with Crippen molar-refractivity contribution in [3.8, 4) is 5.75 Å². The van der Waals surface area contributed by atoms with Crippen molar-refractivity contribution >= 4 is 17.7 Å². The second-order valence-corrected chi connectivity index (χ2v) is 5.13. The summed E-state index contributed by atoms with van der Waals surface area (Å²) >= 11 is 5.57. The number of carboxylic acids is 1. The molecule has 0 aliphatic carbocycles. The van der Waals surface area contributed by atoms with Gasteiger partial charge >= 0.3 is 5.97 Å². The van der Waals surface area contributed by atoms with Crippen molar-refractivity contribution in [2.45, 2.75) is 52.5 Å². The molecule has 1 aromatic rings. The van der Waals surface area contributed by atoms with Crippen molar-refractivity contribution in [1.29, 1.82) is 0 Å². The minimum Gasteiger partial charge on any atom is -0.494 e. The molecule has 0 radical (unpaired) electrons. The fourth-order valence-electron chi connectivity index (χ4n) is 1.90. The zero-order valence-electron chi connectivity index (χ0n) is 11.8. The van der Waals surface area contributed by atoms with E-state index in [1.807, 2.05) is 31.2 Å². The average Bonchev–Trinajstić information content (AvgIpc) is 2.42. The molecule has 0 aliphatic heterocycles. The Morgan fingerprint density at radius 2 is 2.14 bits per heavy atom. The summed E-state index contributed by atoms with van der Waals surface area (Å²) in [6, 6.07) is 8.17. The van der Waals surface area contributed by atoms with Crippen molar-refractivity contribution in [2.75, 3.05) is 6.61 Å². The molecule has 0 saturated heterocycles. The third kappa shape index (κ3) is 9.32. The van der Waals surface area contributed by atoms with Crippen LogP contribution in [0.15, 0.2) is 24.3 Å². The van der Waals surface area contributed by atoms with Gasteiger partial charge in [0.2, 0.25) is 0 Å². The Morgan fingerprint density at radius 1 is 1.38 bits per heavy atom. The Balaban J connectivity index is 0.00000400. The quantitative estimate of drug-likeness (QED) is 0.506. The maximum Gasteiger partial charge on any atom is 0.303 e. The predicted octanol–water partition coefficient (Wildman–Crippen LogP) is 4.02. The number of benzene rings is 1. The Morgan fingerprint density at radius 3 is 2.81 bits per heavy atom. The molecule has 4 nitrogen and oxygen atoms in total. The smallest absolute Gasteiger partial charge is 0.303 e. The maximum absolute atomic E-state index is 10.4. The van der Waals surface area contributed by atoms with E-state index in [2.05, 4.69) is 4.84 Å². The van der Waals surface area contributed by atoms with Crippen LogP contribution in [-0.4, -0.2) is 23.7 Å². The molecule has 0 saturated carbocycles. The van der Waals surface area contributed by atoms with Gasteiger partial charge in [-0.25, -0.2) is 4.84 Å². The van der Waals surface area contributed by atoms with Crippen molar-refractivity contribution < 1.29 is 14.6 Å². The van der Waals surface area contributed by atoms with E-state index in [1.54, 1.807) is 0 Å². The van der Waals surface area contributed by atoms with Crippen molar-refractivity contribution in [1.82, 2.24) is 4.84 Å². The van der Waals surface area contributed by atoms with Gasteiger partial charge in [0.25, 0.3) is 0 Å². The van der Waals surface area contributed by atoms with Gasteiger partial charge in [-0.3, -0.25) is 4.79 Å². The van der Waals surface area contributed by atoms with Gasteiger partial charge < -0.3 is 9.84 Å². The third-order valence-electron chi connectivity index (χ3n) is 2.93. The van der Waals surface area contributed by atoms with E-state index < -0.39 is 5.97 Å². The number of halogens is 1. The number of carbonyl (C=O) groups is 1. The first kappa shape index (κ1) is 19.7. The monoisotopic (exact) mass is 315 g/mol. The number of ether oxygens (including phenoxy) is 1. The Hall–Kier alpha value is -1.26. The van der Waals surface area contributed by atoms with Gasteiger partial charge in [0, 0.05) is 12.5 Å². The molecule has 0 spiro atoms. The van der Waals surface area contributed by atoms with Gasteiger partial charge in [-0.2, -0.15) is 0 Å². The maximum atomic E-state index is 10.4. The number of rotatable bonds is 10. The molecule has 0 aromatic heterocycles. The number of hydrogen-bond acceptors (Lipinski definition) is 3. The molecule has 1 unspecified atom stereocenters. The largest absolute Gasteiger partial charge is 0.494 e. The molecule has 1 aromatic carbocycles. The van der Waals surface area contributed by atoms with Gasteiger partial charge in [-0.15, -0.1) is 0 Å². The van der Waals surface area contributed by atoms with Crippen LogP contribution in [0.5, 0.6) is 5.75 Å². The zero-order chi connectivity index (χ0) is 14.8. The molecule has 1 atom stereocenters. The molecular weight excluding hydrogens is 290 g/mol. The lowest BCUT2D eigenvalue weighted by Crippen LogP contribution is -2.18. The molecular formula is C16H26ClNO3. The number of carboxylic acid groups (broad SMARTS) is 1. The van der Waals surface area contributed by atoms with E-state index in [0.29, 0.717) is 13.0 Å². The fraction of sp³-hybridized carbons (Fsp3) is 0.562. The summed E-state index contributed by atoms with van der Waals surface area (Å²) in [5.41, 5.74) is 1.18. The number of aliphatic carboxylic acids is 1. The highest BCUT2D eigenvalue weighted by molar-refractivity contribution is 6.13. The highest BCUT2D eigenvalue weighted by atomic mass is 35.5. The summed E-state index contributed by atoms with van der Waals surface area (Å²) in [5.74, 6) is 0.114. The minimum atomic E-state index is -0.736. The summed E-state index contributed by atoms with van der Waals surface area (Å²) in [6.07, 6.45) is 3.53. The Labute approximate surface area is 132 Å². The zero-order valence-corrected chi connectivity index (χ0v) is 12.5. The summed E-state index contributed by atoms with van der Waals surface area (Å²) in [7, 11) is 0. The normalized spacial score (nSPS) is 11.5. The van der Waals surface area contributed by atoms with Crippen molar-refractivity contribution in [2.24, 2.45) is 0 Å². The average molecular weight is 316 g/mol. The number of nitrogens with one attached hydrogen (secondary N) is 1. The van der Waals surface area contributed by atoms with Crippen molar-refractivity contribution in [3.05, 3.63) is 29.8 Å². The van der Waals surface area contributed by atoms with E-state index in [0.717, 1.165) is 25.0 Å². The first-order chi connectivity index (χ1) is 9.61. The highest BCUT2D eigenvalue weighted by Crippen LogP contribution is 2.15. The van der Waals surface area contributed by atoms with Crippen molar-refractivity contribution in [3.63, 3.8) is 0 Å². The first-order valence-electron chi connectivity index (χ1n) is 6.91. The van der Waals surface area contributed by atoms with Gasteiger partial charge in [-0.1, -0.05) is 19.6 Å². The molecule has 0 heterocycles. The van der Waals surface area contributed by atoms with Gasteiger partial charge in [0.1, 0.15) is 5.75 Å². The summed E-state index contributed by atoms with van der Waals surface area (Å²) in [5, 5.41) is 8.53. The lowest BCUT2D eigenvalue weighted by atomic mass is 10.1. The predicted molar refractivity (Wildman–Crippen MR) is 86.9 cm³/mol. The molecule has 0 fully saturated rings. The van der Waals surface area contributed by atoms with Crippen LogP contribution < -0.4 is 9.57 Å². The first-order valence-corrected chi connectivity index (χ1v) is 7.29. The van der Waals surface area contributed by atoms with Crippen LogP contribution in [0.3, 0.4) is 0 Å². The summed E-state index contributed by atoms with van der Waals surface area (Å²) in [4.78, 5) is 13.0. The van der Waals surface area contributed by atoms with Crippen LogP contribution in [-0.2, 0) is 11.2 Å². The van der Waals surface area contributed by atoms with Crippen LogP contribution in [0.2, 0.25) is 0 Å². The van der Waals surface area contributed by atoms with E-state index in [-0.39, 0.29) is 19.9 Å². The SMILES string of the molecule is C.CC(Cc1cccc(OCCCCCC(=O)O)c1)NCl. The molecule has 0 bridgehead atoms. The summed E-state index contributed by atoms with van der Waals surface area (Å²) in [6.45, 7) is 2.63.